The summed E-state index contributed by atoms with van der Waals surface area (Å²) in [7, 11) is 0. The number of amides is 1. The van der Waals surface area contributed by atoms with Gasteiger partial charge in [0.1, 0.15) is 5.76 Å². The minimum absolute atomic E-state index is 0.0911. The Balaban J connectivity index is 2.26. The number of anilines is 1. The van der Waals surface area contributed by atoms with Gasteiger partial charge in [-0.1, -0.05) is 19.9 Å². The highest BCUT2D eigenvalue weighted by molar-refractivity contribution is 6.05. The number of carboxylic acid groups (broad SMARTS) is 1. The SMILES string of the molecule is Cc1ccc(NC(=O)c2ccoc2C(C)C)cc1C(=O)O. The van der Waals surface area contributed by atoms with E-state index in [2.05, 4.69) is 5.32 Å². The zero-order valence-corrected chi connectivity index (χ0v) is 12.1. The van der Waals surface area contributed by atoms with Crippen LogP contribution in [0.3, 0.4) is 0 Å². The maximum absolute atomic E-state index is 12.2. The number of carbonyl (C=O) groups is 2. The van der Waals surface area contributed by atoms with Crippen molar-refractivity contribution in [3.63, 3.8) is 0 Å². The maximum atomic E-state index is 12.2. The summed E-state index contributed by atoms with van der Waals surface area (Å²) in [5.41, 5.74) is 1.72. The van der Waals surface area contributed by atoms with E-state index in [0.29, 0.717) is 22.6 Å². The molecule has 5 heteroatoms. The summed E-state index contributed by atoms with van der Waals surface area (Å²) in [4.78, 5) is 23.4. The Morgan fingerprint density at radius 1 is 1.19 bits per heavy atom. The number of carboxylic acids is 1. The van der Waals surface area contributed by atoms with E-state index in [1.54, 1.807) is 25.1 Å². The average molecular weight is 287 g/mol. The normalized spacial score (nSPS) is 10.7. The fourth-order valence-corrected chi connectivity index (χ4v) is 2.08. The lowest BCUT2D eigenvalue weighted by Gasteiger charge is -2.09. The van der Waals surface area contributed by atoms with Crippen LogP contribution in [0.2, 0.25) is 0 Å². The van der Waals surface area contributed by atoms with Crippen molar-refractivity contribution in [1.82, 2.24) is 0 Å². The molecule has 0 aliphatic heterocycles. The first-order chi connectivity index (χ1) is 9.90. The molecule has 1 heterocycles. The largest absolute Gasteiger partial charge is 0.478 e. The van der Waals surface area contributed by atoms with Crippen molar-refractivity contribution in [1.29, 1.82) is 0 Å². The van der Waals surface area contributed by atoms with Crippen LogP contribution in [0.25, 0.3) is 0 Å². The van der Waals surface area contributed by atoms with E-state index >= 15 is 0 Å². The highest BCUT2D eigenvalue weighted by Gasteiger charge is 2.18. The van der Waals surface area contributed by atoms with Gasteiger partial charge in [0.05, 0.1) is 17.4 Å². The van der Waals surface area contributed by atoms with Crippen LogP contribution in [0.4, 0.5) is 5.69 Å². The van der Waals surface area contributed by atoms with Crippen LogP contribution >= 0.6 is 0 Å². The number of nitrogens with one attached hydrogen (secondary N) is 1. The summed E-state index contributed by atoms with van der Waals surface area (Å²) in [6, 6.07) is 6.40. The third kappa shape index (κ3) is 3.13. The summed E-state index contributed by atoms with van der Waals surface area (Å²) in [6.07, 6.45) is 1.47. The molecule has 0 radical (unpaired) electrons. The van der Waals surface area contributed by atoms with Crippen LogP contribution in [0.15, 0.2) is 34.9 Å². The standard InChI is InChI=1S/C16H17NO4/c1-9(2)14-12(6-7-21-14)15(18)17-11-5-4-10(3)13(8-11)16(19)20/h4-9H,1-3H3,(H,17,18)(H,19,20). The zero-order chi connectivity index (χ0) is 15.6. The van der Waals surface area contributed by atoms with Crippen molar-refractivity contribution >= 4 is 17.6 Å². The van der Waals surface area contributed by atoms with Gasteiger partial charge in [-0.2, -0.15) is 0 Å². The molecule has 0 aliphatic rings. The Kier molecular flexibility index (Phi) is 4.12. The molecule has 0 atom stereocenters. The lowest BCUT2D eigenvalue weighted by molar-refractivity contribution is 0.0695. The van der Waals surface area contributed by atoms with E-state index in [1.165, 1.54) is 12.3 Å². The van der Waals surface area contributed by atoms with E-state index in [4.69, 9.17) is 9.52 Å². The van der Waals surface area contributed by atoms with Gasteiger partial charge in [0.25, 0.3) is 5.91 Å². The number of hydrogen-bond acceptors (Lipinski definition) is 3. The van der Waals surface area contributed by atoms with Gasteiger partial charge >= 0.3 is 5.97 Å². The smallest absolute Gasteiger partial charge is 0.336 e. The Bertz CT molecular complexity index is 685. The van der Waals surface area contributed by atoms with Crippen LogP contribution in [-0.2, 0) is 0 Å². The van der Waals surface area contributed by atoms with Gasteiger partial charge in [-0.3, -0.25) is 4.79 Å². The predicted octanol–water partition coefficient (Wildman–Crippen LogP) is 3.66. The molecule has 2 rings (SSSR count). The first-order valence-electron chi connectivity index (χ1n) is 6.63. The number of aryl methyl sites for hydroxylation is 1. The summed E-state index contributed by atoms with van der Waals surface area (Å²) in [5, 5.41) is 11.8. The molecule has 0 spiro atoms. The van der Waals surface area contributed by atoms with Crippen molar-refractivity contribution in [2.75, 3.05) is 5.32 Å². The molecule has 1 amide bonds. The van der Waals surface area contributed by atoms with Crippen LogP contribution in [0.1, 0.15) is 51.8 Å². The van der Waals surface area contributed by atoms with Gasteiger partial charge in [-0.05, 0) is 30.7 Å². The van der Waals surface area contributed by atoms with Crippen LogP contribution in [-0.4, -0.2) is 17.0 Å². The van der Waals surface area contributed by atoms with Crippen molar-refractivity contribution < 1.29 is 19.1 Å². The lowest BCUT2D eigenvalue weighted by Crippen LogP contribution is -2.14. The topological polar surface area (TPSA) is 79.5 Å². The molecule has 0 saturated heterocycles. The van der Waals surface area contributed by atoms with E-state index in [-0.39, 0.29) is 17.4 Å². The number of carbonyl (C=O) groups excluding carboxylic acids is 1. The van der Waals surface area contributed by atoms with Crippen LogP contribution < -0.4 is 5.32 Å². The first-order valence-corrected chi connectivity index (χ1v) is 6.63. The molecule has 2 N–H and O–H groups in total. The number of aromatic carboxylic acids is 1. The van der Waals surface area contributed by atoms with Gasteiger partial charge in [0.2, 0.25) is 0 Å². The van der Waals surface area contributed by atoms with Gasteiger partial charge in [0, 0.05) is 11.6 Å². The number of furan rings is 1. The molecule has 1 aromatic heterocycles. The van der Waals surface area contributed by atoms with E-state index in [1.807, 2.05) is 13.8 Å². The third-order valence-corrected chi connectivity index (χ3v) is 3.19. The first kappa shape index (κ1) is 14.8. The molecule has 5 nitrogen and oxygen atoms in total. The van der Waals surface area contributed by atoms with Gasteiger partial charge < -0.3 is 14.8 Å². The van der Waals surface area contributed by atoms with Crippen molar-refractivity contribution in [3.05, 3.63) is 53.0 Å². The molecule has 0 unspecified atom stereocenters. The lowest BCUT2D eigenvalue weighted by atomic mass is 10.1. The van der Waals surface area contributed by atoms with Crippen molar-refractivity contribution in [2.24, 2.45) is 0 Å². The van der Waals surface area contributed by atoms with Crippen LogP contribution in [0, 0.1) is 6.92 Å². The number of rotatable bonds is 4. The van der Waals surface area contributed by atoms with Gasteiger partial charge in [-0.25, -0.2) is 4.79 Å². The van der Waals surface area contributed by atoms with E-state index in [0.717, 1.165) is 0 Å². The monoisotopic (exact) mass is 287 g/mol. The summed E-state index contributed by atoms with van der Waals surface area (Å²) < 4.78 is 5.31. The molecule has 0 fully saturated rings. The maximum Gasteiger partial charge on any atom is 0.336 e. The fourth-order valence-electron chi connectivity index (χ4n) is 2.08. The van der Waals surface area contributed by atoms with Gasteiger partial charge in [0.15, 0.2) is 0 Å². The molecule has 1 aromatic carbocycles. The third-order valence-electron chi connectivity index (χ3n) is 3.19. The Morgan fingerprint density at radius 3 is 2.52 bits per heavy atom. The Labute approximate surface area is 122 Å². The predicted molar refractivity (Wildman–Crippen MR) is 78.9 cm³/mol. The average Bonchev–Trinajstić information content (AvgIpc) is 2.90. The van der Waals surface area contributed by atoms with E-state index < -0.39 is 5.97 Å². The molecule has 0 saturated carbocycles. The Hall–Kier alpha value is -2.56. The molecular formula is C16H17NO4. The second-order valence-corrected chi connectivity index (χ2v) is 5.14. The molecule has 21 heavy (non-hydrogen) atoms. The zero-order valence-electron chi connectivity index (χ0n) is 12.1. The number of hydrogen-bond donors (Lipinski definition) is 2. The minimum atomic E-state index is -1.02. The fraction of sp³-hybridized carbons (Fsp3) is 0.250. The summed E-state index contributed by atoms with van der Waals surface area (Å²) >= 11 is 0. The van der Waals surface area contributed by atoms with Crippen LogP contribution in [0.5, 0.6) is 0 Å². The highest BCUT2D eigenvalue weighted by Crippen LogP contribution is 2.22. The summed E-state index contributed by atoms with van der Waals surface area (Å²) in [6.45, 7) is 5.58. The molecule has 0 bridgehead atoms. The molecule has 0 aliphatic carbocycles. The number of benzene rings is 1. The molecular weight excluding hydrogens is 270 g/mol. The molecule has 110 valence electrons. The second-order valence-electron chi connectivity index (χ2n) is 5.14. The van der Waals surface area contributed by atoms with Crippen molar-refractivity contribution in [2.45, 2.75) is 26.7 Å². The Morgan fingerprint density at radius 2 is 1.90 bits per heavy atom. The minimum Gasteiger partial charge on any atom is -0.478 e. The highest BCUT2D eigenvalue weighted by atomic mass is 16.4. The molecule has 2 aromatic rings. The van der Waals surface area contributed by atoms with Crippen molar-refractivity contribution in [3.8, 4) is 0 Å². The van der Waals surface area contributed by atoms with E-state index in [9.17, 15) is 9.59 Å². The van der Waals surface area contributed by atoms with Gasteiger partial charge in [-0.15, -0.1) is 0 Å². The quantitative estimate of drug-likeness (QED) is 0.899. The summed E-state index contributed by atoms with van der Waals surface area (Å²) in [5.74, 6) is -0.631. The second kappa shape index (κ2) is 5.83.